The predicted octanol–water partition coefficient (Wildman–Crippen LogP) is 2.13. The minimum Gasteiger partial charge on any atom is -0.343 e. The molecule has 132 valence electrons. The maximum absolute atomic E-state index is 12.6. The maximum Gasteiger partial charge on any atom is 0.232 e. The van der Waals surface area contributed by atoms with Crippen LogP contribution in [0.4, 0.5) is 11.4 Å². The molecule has 1 fully saturated rings. The highest BCUT2D eigenvalue weighted by molar-refractivity contribution is 5.97. The van der Waals surface area contributed by atoms with Gasteiger partial charge in [-0.2, -0.15) is 0 Å². The van der Waals surface area contributed by atoms with Crippen molar-refractivity contribution in [1.82, 2.24) is 10.6 Å². The third-order valence-electron chi connectivity index (χ3n) is 4.68. The third-order valence-corrected chi connectivity index (χ3v) is 4.68. The van der Waals surface area contributed by atoms with Crippen molar-refractivity contribution in [3.05, 3.63) is 66.4 Å². The van der Waals surface area contributed by atoms with Gasteiger partial charge in [0.15, 0.2) is 0 Å². The van der Waals surface area contributed by atoms with Crippen LogP contribution in [0.1, 0.15) is 12.5 Å². The molecule has 2 aromatic carbocycles. The van der Waals surface area contributed by atoms with Gasteiger partial charge in [0.05, 0.1) is 12.6 Å². The SMILES string of the molecule is CC(=O)Nc1ccc(C2=CN(c3ccccc3)C3NCNC(=O)C23)cc1. The summed E-state index contributed by atoms with van der Waals surface area (Å²) in [5, 5.41) is 9.03. The smallest absolute Gasteiger partial charge is 0.232 e. The van der Waals surface area contributed by atoms with Gasteiger partial charge >= 0.3 is 0 Å². The van der Waals surface area contributed by atoms with Crippen LogP contribution < -0.4 is 20.9 Å². The van der Waals surface area contributed by atoms with Crippen LogP contribution in [0, 0.1) is 5.92 Å². The van der Waals surface area contributed by atoms with Crippen molar-refractivity contribution in [3.8, 4) is 0 Å². The van der Waals surface area contributed by atoms with E-state index < -0.39 is 0 Å². The summed E-state index contributed by atoms with van der Waals surface area (Å²) in [4.78, 5) is 25.9. The molecule has 0 radical (unpaired) electrons. The number of rotatable bonds is 3. The van der Waals surface area contributed by atoms with Crippen LogP contribution in [0.3, 0.4) is 0 Å². The molecule has 1 saturated heterocycles. The molecule has 0 spiro atoms. The number of nitrogens with one attached hydrogen (secondary N) is 3. The second kappa shape index (κ2) is 6.65. The molecular weight excluding hydrogens is 328 g/mol. The Hall–Kier alpha value is -3.12. The molecule has 6 heteroatoms. The Balaban J connectivity index is 1.70. The first-order valence-corrected chi connectivity index (χ1v) is 8.58. The second-order valence-electron chi connectivity index (χ2n) is 6.43. The van der Waals surface area contributed by atoms with Gasteiger partial charge in [0, 0.05) is 24.5 Å². The van der Waals surface area contributed by atoms with Crippen molar-refractivity contribution < 1.29 is 9.59 Å². The van der Waals surface area contributed by atoms with E-state index in [2.05, 4.69) is 20.9 Å². The predicted molar refractivity (Wildman–Crippen MR) is 101 cm³/mol. The zero-order valence-corrected chi connectivity index (χ0v) is 14.4. The number of amides is 2. The largest absolute Gasteiger partial charge is 0.343 e. The topological polar surface area (TPSA) is 73.5 Å². The van der Waals surface area contributed by atoms with Crippen molar-refractivity contribution >= 4 is 28.8 Å². The third kappa shape index (κ3) is 2.95. The lowest BCUT2D eigenvalue weighted by molar-refractivity contribution is -0.125. The van der Waals surface area contributed by atoms with Crippen LogP contribution in [0.5, 0.6) is 0 Å². The van der Waals surface area contributed by atoms with Crippen molar-refractivity contribution in [2.75, 3.05) is 16.9 Å². The van der Waals surface area contributed by atoms with Gasteiger partial charge in [0.1, 0.15) is 6.17 Å². The van der Waals surface area contributed by atoms with Crippen LogP contribution in [0.15, 0.2) is 60.8 Å². The Bertz CT molecular complexity index is 861. The van der Waals surface area contributed by atoms with Crippen LogP contribution in [0.25, 0.3) is 5.57 Å². The average Bonchev–Trinajstić information content (AvgIpc) is 3.04. The average molecular weight is 348 g/mol. The summed E-state index contributed by atoms with van der Waals surface area (Å²) < 4.78 is 0. The van der Waals surface area contributed by atoms with Crippen LogP contribution >= 0.6 is 0 Å². The molecule has 2 unspecified atom stereocenters. The number of carbonyl (C=O) groups is 2. The van der Waals surface area contributed by atoms with Gasteiger partial charge in [-0.05, 0) is 35.4 Å². The van der Waals surface area contributed by atoms with E-state index in [1.165, 1.54) is 6.92 Å². The van der Waals surface area contributed by atoms with Crippen molar-refractivity contribution in [3.63, 3.8) is 0 Å². The van der Waals surface area contributed by atoms with E-state index in [9.17, 15) is 9.59 Å². The van der Waals surface area contributed by atoms with Crippen LogP contribution in [-0.2, 0) is 9.59 Å². The molecule has 2 aliphatic heterocycles. The fraction of sp³-hybridized carbons (Fsp3) is 0.200. The molecule has 0 bridgehead atoms. The van der Waals surface area contributed by atoms with Gasteiger partial charge in [0.2, 0.25) is 11.8 Å². The molecule has 2 aliphatic rings. The molecule has 2 aromatic rings. The fourth-order valence-corrected chi connectivity index (χ4v) is 3.53. The van der Waals surface area contributed by atoms with Crippen LogP contribution in [-0.4, -0.2) is 24.6 Å². The quantitative estimate of drug-likeness (QED) is 0.794. The molecule has 26 heavy (non-hydrogen) atoms. The zero-order chi connectivity index (χ0) is 18.1. The minimum atomic E-state index is -0.296. The number of anilines is 2. The molecule has 3 N–H and O–H groups in total. The monoisotopic (exact) mass is 348 g/mol. The van der Waals surface area contributed by atoms with Gasteiger partial charge in [-0.15, -0.1) is 0 Å². The van der Waals surface area contributed by atoms with E-state index in [1.54, 1.807) is 0 Å². The first-order valence-electron chi connectivity index (χ1n) is 8.58. The summed E-state index contributed by atoms with van der Waals surface area (Å²) in [6, 6.07) is 17.6. The van der Waals surface area contributed by atoms with Gasteiger partial charge in [-0.3, -0.25) is 14.9 Å². The van der Waals surface area contributed by atoms with E-state index >= 15 is 0 Å². The zero-order valence-electron chi connectivity index (χ0n) is 14.4. The number of hydrogen-bond donors (Lipinski definition) is 3. The molecule has 2 atom stereocenters. The summed E-state index contributed by atoms with van der Waals surface area (Å²) in [5.41, 5.74) is 3.70. The second-order valence-corrected chi connectivity index (χ2v) is 6.43. The van der Waals surface area contributed by atoms with E-state index in [0.29, 0.717) is 6.67 Å². The number of hydrogen-bond acceptors (Lipinski definition) is 4. The fourth-order valence-electron chi connectivity index (χ4n) is 3.53. The Morgan fingerprint density at radius 2 is 1.85 bits per heavy atom. The summed E-state index contributed by atoms with van der Waals surface area (Å²) in [6.07, 6.45) is 1.92. The van der Waals surface area contributed by atoms with E-state index in [4.69, 9.17) is 0 Å². The first-order chi connectivity index (χ1) is 12.6. The lowest BCUT2D eigenvalue weighted by Crippen LogP contribution is -2.58. The molecular formula is C20H20N4O2. The van der Waals surface area contributed by atoms with E-state index in [-0.39, 0.29) is 23.9 Å². The Kier molecular flexibility index (Phi) is 4.18. The molecule has 6 nitrogen and oxygen atoms in total. The molecule has 0 aliphatic carbocycles. The lowest BCUT2D eigenvalue weighted by Gasteiger charge is -2.34. The van der Waals surface area contributed by atoms with Gasteiger partial charge in [0.25, 0.3) is 0 Å². The minimum absolute atomic E-state index is 0.0179. The molecule has 0 aromatic heterocycles. The number of carbonyl (C=O) groups excluding carboxylic acids is 2. The number of para-hydroxylation sites is 1. The summed E-state index contributed by atoms with van der Waals surface area (Å²) in [7, 11) is 0. The van der Waals surface area contributed by atoms with E-state index in [1.807, 2.05) is 60.8 Å². The van der Waals surface area contributed by atoms with Gasteiger partial charge in [-0.25, -0.2) is 0 Å². The molecule has 0 saturated carbocycles. The Labute approximate surface area is 151 Å². The highest BCUT2D eigenvalue weighted by Gasteiger charge is 2.43. The van der Waals surface area contributed by atoms with Crippen molar-refractivity contribution in [1.29, 1.82) is 0 Å². The lowest BCUT2D eigenvalue weighted by atomic mass is 9.91. The summed E-state index contributed by atoms with van der Waals surface area (Å²) in [5.74, 6) is -0.385. The Morgan fingerprint density at radius 1 is 1.12 bits per heavy atom. The highest BCUT2D eigenvalue weighted by atomic mass is 16.2. The molecule has 2 amide bonds. The van der Waals surface area contributed by atoms with Crippen molar-refractivity contribution in [2.45, 2.75) is 13.1 Å². The normalized spacial score (nSPS) is 21.7. The number of fused-ring (bicyclic) bond motifs is 1. The van der Waals surface area contributed by atoms with Crippen molar-refractivity contribution in [2.24, 2.45) is 5.92 Å². The summed E-state index contributed by atoms with van der Waals surface area (Å²) >= 11 is 0. The van der Waals surface area contributed by atoms with Gasteiger partial charge in [-0.1, -0.05) is 30.3 Å². The first kappa shape index (κ1) is 16.4. The van der Waals surface area contributed by atoms with Gasteiger partial charge < -0.3 is 15.5 Å². The molecule has 2 heterocycles. The number of benzene rings is 2. The highest BCUT2D eigenvalue weighted by Crippen LogP contribution is 2.38. The Morgan fingerprint density at radius 3 is 2.54 bits per heavy atom. The number of nitrogens with zero attached hydrogens (tertiary/aromatic N) is 1. The maximum atomic E-state index is 12.6. The molecule has 4 rings (SSSR count). The summed E-state index contributed by atoms with van der Waals surface area (Å²) in [6.45, 7) is 1.93. The standard InChI is InChI=1S/C20H20N4O2/c1-13(25)23-15-9-7-14(8-10-15)17-11-24(16-5-3-2-4-6-16)19-18(17)20(26)22-12-21-19/h2-11,18-19,21H,12H2,1H3,(H,22,26)(H,23,25). The van der Waals surface area contributed by atoms with Crippen LogP contribution in [0.2, 0.25) is 0 Å². The van der Waals surface area contributed by atoms with E-state index in [0.717, 1.165) is 22.5 Å².